The van der Waals surface area contributed by atoms with Gasteiger partial charge in [-0.2, -0.15) is 0 Å². The lowest BCUT2D eigenvalue weighted by Crippen LogP contribution is -2.28. The molecule has 2 rings (SSSR count). The van der Waals surface area contributed by atoms with E-state index in [1.54, 1.807) is 20.3 Å². The molecule has 118 valence electrons. The van der Waals surface area contributed by atoms with Gasteiger partial charge in [0.1, 0.15) is 23.0 Å². The van der Waals surface area contributed by atoms with Crippen molar-refractivity contribution in [3.05, 3.63) is 47.4 Å². The molecule has 1 unspecified atom stereocenters. The molecule has 2 aromatic rings. The number of methoxy groups -OCH3 is 2. The van der Waals surface area contributed by atoms with Crippen molar-refractivity contribution in [2.45, 2.75) is 26.3 Å². The van der Waals surface area contributed by atoms with E-state index in [9.17, 15) is 4.79 Å². The van der Waals surface area contributed by atoms with Gasteiger partial charge in [0.2, 0.25) is 5.91 Å². The van der Waals surface area contributed by atoms with Crippen molar-refractivity contribution in [2.24, 2.45) is 0 Å². The van der Waals surface area contributed by atoms with Crippen molar-refractivity contribution >= 4 is 5.91 Å². The van der Waals surface area contributed by atoms with E-state index in [1.165, 1.54) is 0 Å². The van der Waals surface area contributed by atoms with Crippen molar-refractivity contribution in [3.8, 4) is 11.5 Å². The second-order valence-electron chi connectivity index (χ2n) is 5.09. The maximum atomic E-state index is 12.2. The lowest BCUT2D eigenvalue weighted by atomic mass is 10.1. The predicted molar refractivity (Wildman–Crippen MR) is 83.3 cm³/mol. The summed E-state index contributed by atoms with van der Waals surface area (Å²) in [4.78, 5) is 12.2. The average molecular weight is 303 g/mol. The van der Waals surface area contributed by atoms with Crippen LogP contribution in [-0.4, -0.2) is 20.1 Å². The van der Waals surface area contributed by atoms with Crippen LogP contribution in [0, 0.1) is 6.92 Å². The summed E-state index contributed by atoms with van der Waals surface area (Å²) in [6.45, 7) is 3.77. The summed E-state index contributed by atoms with van der Waals surface area (Å²) in [6.07, 6.45) is 0.233. The molecule has 0 aliphatic heterocycles. The van der Waals surface area contributed by atoms with Crippen LogP contribution in [0.25, 0.3) is 0 Å². The van der Waals surface area contributed by atoms with E-state index in [-0.39, 0.29) is 18.4 Å². The largest absolute Gasteiger partial charge is 0.497 e. The van der Waals surface area contributed by atoms with Gasteiger partial charge in [-0.05, 0) is 32.0 Å². The number of hydrogen-bond donors (Lipinski definition) is 1. The Labute approximate surface area is 130 Å². The number of carbonyl (C=O) groups is 1. The molecule has 0 spiro atoms. The van der Waals surface area contributed by atoms with Gasteiger partial charge in [-0.15, -0.1) is 0 Å². The van der Waals surface area contributed by atoms with E-state index in [0.717, 1.165) is 17.1 Å². The first-order valence-electron chi connectivity index (χ1n) is 7.10. The Balaban J connectivity index is 2.02. The fourth-order valence-corrected chi connectivity index (χ4v) is 2.22. The quantitative estimate of drug-likeness (QED) is 0.891. The molecule has 0 aliphatic carbocycles. The number of benzene rings is 1. The highest BCUT2D eigenvalue weighted by Gasteiger charge is 2.15. The molecule has 5 nitrogen and oxygen atoms in total. The van der Waals surface area contributed by atoms with Crippen LogP contribution >= 0.6 is 0 Å². The number of ether oxygens (including phenoxy) is 2. The molecular formula is C17H21NO4. The van der Waals surface area contributed by atoms with E-state index in [4.69, 9.17) is 13.9 Å². The Morgan fingerprint density at radius 3 is 2.59 bits per heavy atom. The molecule has 0 bridgehead atoms. The molecule has 0 aliphatic rings. The maximum Gasteiger partial charge on any atom is 0.225 e. The zero-order chi connectivity index (χ0) is 16.1. The minimum atomic E-state index is -0.176. The molecule has 0 fully saturated rings. The number of hydrogen-bond acceptors (Lipinski definition) is 4. The molecule has 0 radical (unpaired) electrons. The fourth-order valence-electron chi connectivity index (χ4n) is 2.22. The highest BCUT2D eigenvalue weighted by Crippen LogP contribution is 2.25. The minimum Gasteiger partial charge on any atom is -0.497 e. The zero-order valence-corrected chi connectivity index (χ0v) is 13.3. The third-order valence-electron chi connectivity index (χ3n) is 3.41. The summed E-state index contributed by atoms with van der Waals surface area (Å²) in [6, 6.07) is 8.98. The summed E-state index contributed by atoms with van der Waals surface area (Å²) in [5.41, 5.74) is 0.809. The summed E-state index contributed by atoms with van der Waals surface area (Å²) in [5, 5.41) is 2.92. The highest BCUT2D eigenvalue weighted by molar-refractivity contribution is 5.79. The van der Waals surface area contributed by atoms with E-state index >= 15 is 0 Å². The third-order valence-corrected chi connectivity index (χ3v) is 3.41. The van der Waals surface area contributed by atoms with Gasteiger partial charge in [0, 0.05) is 11.6 Å². The molecule has 22 heavy (non-hydrogen) atoms. The van der Waals surface area contributed by atoms with Crippen LogP contribution in [0.2, 0.25) is 0 Å². The molecule has 0 saturated carbocycles. The molecule has 1 amide bonds. The summed E-state index contributed by atoms with van der Waals surface area (Å²) in [5.74, 6) is 2.81. The van der Waals surface area contributed by atoms with Gasteiger partial charge < -0.3 is 19.2 Å². The minimum absolute atomic E-state index is 0.0926. The molecule has 1 heterocycles. The first-order valence-corrected chi connectivity index (χ1v) is 7.10. The summed E-state index contributed by atoms with van der Waals surface area (Å²) < 4.78 is 16.0. The maximum absolute atomic E-state index is 12.2. The highest BCUT2D eigenvalue weighted by atomic mass is 16.5. The molecular weight excluding hydrogens is 282 g/mol. The van der Waals surface area contributed by atoms with Crippen LogP contribution in [0.3, 0.4) is 0 Å². The SMILES string of the molecule is COc1ccc(CC(=O)NC(C)c2ccc(C)o2)c(OC)c1. The number of rotatable bonds is 6. The van der Waals surface area contributed by atoms with Gasteiger partial charge in [-0.1, -0.05) is 6.07 Å². The predicted octanol–water partition coefficient (Wildman–Crippen LogP) is 3.03. The summed E-state index contributed by atoms with van der Waals surface area (Å²) in [7, 11) is 3.17. The smallest absolute Gasteiger partial charge is 0.225 e. The van der Waals surface area contributed by atoms with Crippen molar-refractivity contribution in [2.75, 3.05) is 14.2 Å². The van der Waals surface area contributed by atoms with E-state index in [0.29, 0.717) is 11.5 Å². The van der Waals surface area contributed by atoms with Gasteiger partial charge >= 0.3 is 0 Å². The van der Waals surface area contributed by atoms with E-state index in [2.05, 4.69) is 5.32 Å². The zero-order valence-electron chi connectivity index (χ0n) is 13.3. The number of nitrogens with one attached hydrogen (secondary N) is 1. The van der Waals surface area contributed by atoms with Gasteiger partial charge in [0.25, 0.3) is 0 Å². The van der Waals surface area contributed by atoms with E-state index < -0.39 is 0 Å². The average Bonchev–Trinajstić information content (AvgIpc) is 2.94. The van der Waals surface area contributed by atoms with Crippen LogP contribution < -0.4 is 14.8 Å². The second kappa shape index (κ2) is 7.02. The first-order chi connectivity index (χ1) is 10.5. The van der Waals surface area contributed by atoms with Crippen LogP contribution in [0.5, 0.6) is 11.5 Å². The molecule has 5 heteroatoms. The van der Waals surface area contributed by atoms with Crippen molar-refractivity contribution in [1.82, 2.24) is 5.32 Å². The van der Waals surface area contributed by atoms with Crippen LogP contribution in [-0.2, 0) is 11.2 Å². The van der Waals surface area contributed by atoms with Crippen molar-refractivity contribution in [3.63, 3.8) is 0 Å². The van der Waals surface area contributed by atoms with Gasteiger partial charge in [-0.3, -0.25) is 4.79 Å². The van der Waals surface area contributed by atoms with Gasteiger partial charge in [0.15, 0.2) is 0 Å². The van der Waals surface area contributed by atoms with E-state index in [1.807, 2.05) is 38.1 Å². The number of amides is 1. The number of aryl methyl sites for hydroxylation is 1. The molecule has 0 saturated heterocycles. The topological polar surface area (TPSA) is 60.7 Å². The molecule has 1 atom stereocenters. The van der Waals surface area contributed by atoms with Gasteiger partial charge in [-0.25, -0.2) is 0 Å². The lowest BCUT2D eigenvalue weighted by Gasteiger charge is -2.13. The van der Waals surface area contributed by atoms with Crippen molar-refractivity contribution in [1.29, 1.82) is 0 Å². The lowest BCUT2D eigenvalue weighted by molar-refractivity contribution is -0.121. The Hall–Kier alpha value is -2.43. The third kappa shape index (κ3) is 3.81. The van der Waals surface area contributed by atoms with Crippen LogP contribution in [0.1, 0.15) is 30.0 Å². The number of furan rings is 1. The van der Waals surface area contributed by atoms with Crippen LogP contribution in [0.4, 0.5) is 0 Å². The number of carbonyl (C=O) groups excluding carboxylic acids is 1. The summed E-state index contributed by atoms with van der Waals surface area (Å²) >= 11 is 0. The van der Waals surface area contributed by atoms with Crippen LogP contribution in [0.15, 0.2) is 34.7 Å². The standard InChI is InChI=1S/C17H21NO4/c1-11-5-8-15(22-11)12(2)18-17(19)9-13-6-7-14(20-3)10-16(13)21-4/h5-8,10,12H,9H2,1-4H3,(H,18,19). The molecule has 1 N–H and O–H groups in total. The Kier molecular flexibility index (Phi) is 5.09. The fraction of sp³-hybridized carbons (Fsp3) is 0.353. The van der Waals surface area contributed by atoms with Crippen molar-refractivity contribution < 1.29 is 18.7 Å². The normalized spacial score (nSPS) is 11.8. The molecule has 1 aromatic carbocycles. The Morgan fingerprint density at radius 1 is 1.23 bits per heavy atom. The van der Waals surface area contributed by atoms with Gasteiger partial charge in [0.05, 0.1) is 26.7 Å². The second-order valence-corrected chi connectivity index (χ2v) is 5.09. The Morgan fingerprint density at radius 2 is 2.00 bits per heavy atom. The monoisotopic (exact) mass is 303 g/mol. The Bertz CT molecular complexity index is 648. The first kappa shape index (κ1) is 15.9. The molecule has 1 aromatic heterocycles.